The predicted octanol–water partition coefficient (Wildman–Crippen LogP) is 0.449. The van der Waals surface area contributed by atoms with Gasteiger partial charge in [-0.3, -0.25) is 4.79 Å². The van der Waals surface area contributed by atoms with E-state index >= 15 is 0 Å². The highest BCUT2D eigenvalue weighted by molar-refractivity contribution is 7.91. The minimum Gasteiger partial charge on any atom is -0.497 e. The first kappa shape index (κ1) is 19.5. The van der Waals surface area contributed by atoms with E-state index in [1.165, 1.54) is 13.2 Å². The molecule has 26 heavy (non-hydrogen) atoms. The van der Waals surface area contributed by atoms with Gasteiger partial charge in [0.15, 0.2) is 16.4 Å². The second-order valence-corrected chi connectivity index (χ2v) is 7.92. The van der Waals surface area contributed by atoms with Crippen molar-refractivity contribution in [3.05, 3.63) is 35.4 Å². The number of rotatable bonds is 6. The zero-order valence-corrected chi connectivity index (χ0v) is 14.9. The van der Waals surface area contributed by atoms with E-state index < -0.39 is 34.4 Å². The number of hydrogen-bond acceptors (Lipinski definition) is 7. The van der Waals surface area contributed by atoms with Crippen molar-refractivity contribution < 1.29 is 27.5 Å². The minimum atomic E-state index is -3.11. The molecule has 0 aromatic heterocycles. The largest absolute Gasteiger partial charge is 0.497 e. The molecule has 1 unspecified atom stereocenters. The van der Waals surface area contributed by atoms with Crippen molar-refractivity contribution in [2.45, 2.75) is 12.5 Å². The summed E-state index contributed by atoms with van der Waals surface area (Å²) in [5, 5.41) is 11.6. The number of benzene rings is 1. The summed E-state index contributed by atoms with van der Waals surface area (Å²) >= 11 is 0. The van der Waals surface area contributed by atoms with Gasteiger partial charge in [-0.25, -0.2) is 13.2 Å². The van der Waals surface area contributed by atoms with Crippen molar-refractivity contribution in [3.8, 4) is 11.8 Å². The van der Waals surface area contributed by atoms with Gasteiger partial charge in [-0.05, 0) is 30.2 Å². The van der Waals surface area contributed by atoms with E-state index in [9.17, 15) is 18.0 Å². The van der Waals surface area contributed by atoms with Gasteiger partial charge in [-0.15, -0.1) is 0 Å². The molecule has 1 amide bonds. The van der Waals surface area contributed by atoms with Crippen LogP contribution in [-0.2, 0) is 24.2 Å². The van der Waals surface area contributed by atoms with E-state index in [4.69, 9.17) is 14.7 Å². The van der Waals surface area contributed by atoms with Gasteiger partial charge in [0, 0.05) is 6.04 Å². The van der Waals surface area contributed by atoms with Crippen LogP contribution in [0.1, 0.15) is 12.0 Å². The Balaban J connectivity index is 1.89. The predicted molar refractivity (Wildman–Crippen MR) is 92.7 cm³/mol. The standard InChI is InChI=1S/C17H18N2O6S/c1-24-15-4-2-12(3-5-15)8-13(9-18)17(21)25-10-16(20)19-14-6-7-26(22,23)11-14/h2-5,8,14H,6-7,10-11H2,1H3,(H,19,20). The number of nitrogens with zero attached hydrogens (tertiary/aromatic N) is 1. The number of methoxy groups -OCH3 is 1. The maximum Gasteiger partial charge on any atom is 0.349 e. The van der Waals surface area contributed by atoms with Crippen molar-refractivity contribution in [1.29, 1.82) is 5.26 Å². The van der Waals surface area contributed by atoms with Crippen molar-refractivity contribution in [2.24, 2.45) is 0 Å². The Kier molecular flexibility index (Phi) is 6.36. The number of nitriles is 1. The molecule has 1 aliphatic rings. The Labute approximate surface area is 151 Å². The molecular weight excluding hydrogens is 360 g/mol. The molecule has 0 radical (unpaired) electrons. The van der Waals surface area contributed by atoms with E-state index in [1.54, 1.807) is 30.3 Å². The zero-order valence-electron chi connectivity index (χ0n) is 14.1. The summed E-state index contributed by atoms with van der Waals surface area (Å²) in [5.74, 6) is -0.998. The van der Waals surface area contributed by atoms with Gasteiger partial charge in [-0.1, -0.05) is 12.1 Å². The summed E-state index contributed by atoms with van der Waals surface area (Å²) in [6, 6.07) is 7.93. The molecule has 2 rings (SSSR count). The molecule has 0 aliphatic carbocycles. The number of nitrogens with one attached hydrogen (secondary N) is 1. The van der Waals surface area contributed by atoms with Crippen LogP contribution >= 0.6 is 0 Å². The van der Waals surface area contributed by atoms with Gasteiger partial charge >= 0.3 is 5.97 Å². The minimum absolute atomic E-state index is 0.0287. The van der Waals surface area contributed by atoms with Crippen molar-refractivity contribution in [3.63, 3.8) is 0 Å². The molecule has 0 bridgehead atoms. The monoisotopic (exact) mass is 378 g/mol. The summed E-state index contributed by atoms with van der Waals surface area (Å²) in [6.45, 7) is -0.586. The third-order valence-corrected chi connectivity index (χ3v) is 5.47. The van der Waals surface area contributed by atoms with Gasteiger partial charge in [0.05, 0.1) is 18.6 Å². The molecule has 8 nitrogen and oxygen atoms in total. The number of amides is 1. The maximum absolute atomic E-state index is 11.9. The molecule has 1 heterocycles. The average molecular weight is 378 g/mol. The fourth-order valence-electron chi connectivity index (χ4n) is 2.39. The second-order valence-electron chi connectivity index (χ2n) is 5.69. The van der Waals surface area contributed by atoms with E-state index in [0.29, 0.717) is 17.7 Å². The Bertz CT molecular complexity index is 852. The van der Waals surface area contributed by atoms with E-state index in [1.807, 2.05) is 0 Å². The van der Waals surface area contributed by atoms with Gasteiger partial charge < -0.3 is 14.8 Å². The Hall–Kier alpha value is -2.86. The van der Waals surface area contributed by atoms with Crippen LogP contribution in [0, 0.1) is 11.3 Å². The number of carbonyl (C=O) groups excluding carboxylic acids is 2. The Morgan fingerprint density at radius 3 is 2.58 bits per heavy atom. The van der Waals surface area contributed by atoms with Crippen LogP contribution in [0.5, 0.6) is 5.75 Å². The van der Waals surface area contributed by atoms with E-state index in [0.717, 1.165) is 0 Å². The molecule has 9 heteroatoms. The number of sulfone groups is 1. The molecule has 1 N–H and O–H groups in total. The quantitative estimate of drug-likeness (QED) is 0.433. The molecule has 0 spiro atoms. The SMILES string of the molecule is COc1ccc(C=C(C#N)C(=O)OCC(=O)NC2CCS(=O)(=O)C2)cc1. The summed E-state index contributed by atoms with van der Waals surface area (Å²) in [6.07, 6.45) is 1.67. The molecular formula is C17H18N2O6S. The topological polar surface area (TPSA) is 123 Å². The highest BCUT2D eigenvalue weighted by Gasteiger charge is 2.29. The molecule has 1 aliphatic heterocycles. The van der Waals surface area contributed by atoms with Crippen LogP contribution < -0.4 is 10.1 Å². The van der Waals surface area contributed by atoms with E-state index in [2.05, 4.69) is 5.32 Å². The zero-order chi connectivity index (χ0) is 19.2. The number of hydrogen-bond donors (Lipinski definition) is 1. The normalized spacial score (nSPS) is 18.6. The van der Waals surface area contributed by atoms with Gasteiger partial charge in [0.1, 0.15) is 17.4 Å². The first-order valence-electron chi connectivity index (χ1n) is 7.76. The Morgan fingerprint density at radius 1 is 1.35 bits per heavy atom. The number of ether oxygens (including phenoxy) is 2. The third-order valence-electron chi connectivity index (χ3n) is 3.70. The molecule has 1 aromatic rings. The molecule has 1 fully saturated rings. The Morgan fingerprint density at radius 2 is 2.04 bits per heavy atom. The lowest BCUT2D eigenvalue weighted by Crippen LogP contribution is -2.38. The molecule has 1 saturated heterocycles. The summed E-state index contributed by atoms with van der Waals surface area (Å²) < 4.78 is 32.5. The first-order chi connectivity index (χ1) is 12.3. The molecule has 1 aromatic carbocycles. The number of esters is 1. The van der Waals surface area contributed by atoms with E-state index in [-0.39, 0.29) is 17.1 Å². The fourth-order valence-corrected chi connectivity index (χ4v) is 4.06. The van der Waals surface area contributed by atoms with Crippen LogP contribution in [0.4, 0.5) is 0 Å². The van der Waals surface area contributed by atoms with Crippen LogP contribution in [-0.4, -0.2) is 51.6 Å². The second kappa shape index (κ2) is 8.49. The molecule has 1 atom stereocenters. The molecule has 0 saturated carbocycles. The lowest BCUT2D eigenvalue weighted by molar-refractivity contribution is -0.144. The van der Waals surface area contributed by atoms with Crippen LogP contribution in [0.2, 0.25) is 0 Å². The summed E-state index contributed by atoms with van der Waals surface area (Å²) in [7, 11) is -1.59. The van der Waals surface area contributed by atoms with Crippen molar-refractivity contribution >= 4 is 27.8 Å². The lowest BCUT2D eigenvalue weighted by atomic mass is 10.1. The smallest absolute Gasteiger partial charge is 0.349 e. The van der Waals surface area contributed by atoms with Gasteiger partial charge in [0.25, 0.3) is 5.91 Å². The lowest BCUT2D eigenvalue weighted by Gasteiger charge is -2.10. The van der Waals surface area contributed by atoms with Crippen LogP contribution in [0.15, 0.2) is 29.8 Å². The van der Waals surface area contributed by atoms with Crippen LogP contribution in [0.25, 0.3) is 6.08 Å². The first-order valence-corrected chi connectivity index (χ1v) is 9.58. The van der Waals surface area contributed by atoms with Crippen molar-refractivity contribution in [2.75, 3.05) is 25.2 Å². The van der Waals surface area contributed by atoms with Crippen LogP contribution in [0.3, 0.4) is 0 Å². The third kappa shape index (κ3) is 5.60. The van der Waals surface area contributed by atoms with Crippen molar-refractivity contribution in [1.82, 2.24) is 5.32 Å². The number of carbonyl (C=O) groups is 2. The molecule has 138 valence electrons. The fraction of sp³-hybridized carbons (Fsp3) is 0.353. The maximum atomic E-state index is 11.9. The average Bonchev–Trinajstić information content (AvgIpc) is 2.96. The highest BCUT2D eigenvalue weighted by atomic mass is 32.2. The summed E-state index contributed by atoms with van der Waals surface area (Å²) in [5.41, 5.74) is 0.339. The highest BCUT2D eigenvalue weighted by Crippen LogP contribution is 2.14. The summed E-state index contributed by atoms with van der Waals surface area (Å²) in [4.78, 5) is 23.7. The van der Waals surface area contributed by atoms with Gasteiger partial charge in [0.2, 0.25) is 0 Å². The van der Waals surface area contributed by atoms with Gasteiger partial charge in [-0.2, -0.15) is 5.26 Å².